The lowest BCUT2D eigenvalue weighted by Gasteiger charge is -2.33. The number of thiophene rings is 1. The van der Waals surface area contributed by atoms with Crippen molar-refractivity contribution in [1.82, 2.24) is 9.78 Å². The normalized spacial score (nSPS) is 15.9. The van der Waals surface area contributed by atoms with Crippen molar-refractivity contribution in [3.05, 3.63) is 37.5 Å². The molecule has 9 nitrogen and oxygen atoms in total. The van der Waals surface area contributed by atoms with Crippen LogP contribution in [0.1, 0.15) is 66.3 Å². The third-order valence-electron chi connectivity index (χ3n) is 6.04. The van der Waals surface area contributed by atoms with E-state index in [1.807, 2.05) is 0 Å². The molecule has 3 rings (SSSR count). The van der Waals surface area contributed by atoms with Crippen molar-refractivity contribution in [3.8, 4) is 0 Å². The number of anilines is 1. The Morgan fingerprint density at radius 3 is 2.59 bits per heavy atom. The highest BCUT2D eigenvalue weighted by atomic mass is 32.1. The van der Waals surface area contributed by atoms with Gasteiger partial charge in [0.1, 0.15) is 22.9 Å². The van der Waals surface area contributed by atoms with Crippen LogP contribution in [0.15, 0.2) is 0 Å². The van der Waals surface area contributed by atoms with Crippen molar-refractivity contribution in [1.29, 1.82) is 0 Å². The number of aromatic nitrogens is 2. The molecule has 32 heavy (non-hydrogen) atoms. The first-order valence-corrected chi connectivity index (χ1v) is 11.6. The fraction of sp³-hybridized carbons (Fsp3) is 0.591. The Bertz CT molecular complexity index is 1060. The van der Waals surface area contributed by atoms with Crippen molar-refractivity contribution in [3.63, 3.8) is 0 Å². The summed E-state index contributed by atoms with van der Waals surface area (Å²) in [4.78, 5) is 37.4. The smallest absolute Gasteiger partial charge is 0.341 e. The SMILES string of the molecule is CCOC(=O)c1c(NC(=O)Cn2nc(C)c([N+](=O)[O-])c2C)sc2c1CC[C@@H](C(C)(C)C)C2. The van der Waals surface area contributed by atoms with Gasteiger partial charge < -0.3 is 10.1 Å². The summed E-state index contributed by atoms with van der Waals surface area (Å²) in [7, 11) is 0. The molecular formula is C22H30N4O5S. The second-order valence-corrected chi connectivity index (χ2v) is 10.3. The van der Waals surface area contributed by atoms with E-state index in [0.717, 1.165) is 29.7 Å². The van der Waals surface area contributed by atoms with Crippen LogP contribution in [0.25, 0.3) is 0 Å². The lowest BCUT2D eigenvalue weighted by atomic mass is 9.72. The summed E-state index contributed by atoms with van der Waals surface area (Å²) in [6, 6.07) is 0. The van der Waals surface area contributed by atoms with Gasteiger partial charge >= 0.3 is 11.7 Å². The second-order valence-electron chi connectivity index (χ2n) is 9.22. The third-order valence-corrected chi connectivity index (χ3v) is 7.21. The Kier molecular flexibility index (Phi) is 6.73. The van der Waals surface area contributed by atoms with Gasteiger partial charge in [0.2, 0.25) is 5.91 Å². The zero-order chi connectivity index (χ0) is 23.8. The summed E-state index contributed by atoms with van der Waals surface area (Å²) >= 11 is 1.42. The monoisotopic (exact) mass is 462 g/mol. The molecule has 1 N–H and O–H groups in total. The van der Waals surface area contributed by atoms with Crippen LogP contribution in [-0.4, -0.2) is 33.2 Å². The van der Waals surface area contributed by atoms with E-state index in [9.17, 15) is 19.7 Å². The molecule has 2 heterocycles. The molecule has 0 bridgehead atoms. The highest BCUT2D eigenvalue weighted by molar-refractivity contribution is 7.17. The lowest BCUT2D eigenvalue weighted by molar-refractivity contribution is -0.386. The molecule has 2 aromatic heterocycles. The highest BCUT2D eigenvalue weighted by Gasteiger charge is 2.34. The van der Waals surface area contributed by atoms with Gasteiger partial charge in [0, 0.05) is 4.88 Å². The molecule has 0 radical (unpaired) electrons. The van der Waals surface area contributed by atoms with Gasteiger partial charge in [0.15, 0.2) is 0 Å². The van der Waals surface area contributed by atoms with Gasteiger partial charge in [-0.1, -0.05) is 20.8 Å². The van der Waals surface area contributed by atoms with Crippen LogP contribution in [0.3, 0.4) is 0 Å². The molecule has 0 saturated heterocycles. The molecule has 1 aliphatic rings. The first kappa shape index (κ1) is 23.9. The Labute approximate surface area is 191 Å². The highest BCUT2D eigenvalue weighted by Crippen LogP contribution is 2.44. The zero-order valence-corrected chi connectivity index (χ0v) is 20.2. The predicted molar refractivity (Wildman–Crippen MR) is 122 cm³/mol. The van der Waals surface area contributed by atoms with E-state index in [-0.39, 0.29) is 29.9 Å². The Hall–Kier alpha value is -2.75. The van der Waals surface area contributed by atoms with Crippen LogP contribution in [-0.2, 0) is 28.9 Å². The topological polar surface area (TPSA) is 116 Å². The molecule has 1 aliphatic carbocycles. The molecule has 0 aromatic carbocycles. The minimum atomic E-state index is -0.496. The minimum absolute atomic E-state index is 0.0928. The van der Waals surface area contributed by atoms with E-state index in [2.05, 4.69) is 31.2 Å². The molecule has 1 atom stereocenters. The van der Waals surface area contributed by atoms with Crippen molar-refractivity contribution in [2.75, 3.05) is 11.9 Å². The average molecular weight is 463 g/mol. The largest absolute Gasteiger partial charge is 0.462 e. The predicted octanol–water partition coefficient (Wildman–Crippen LogP) is 4.44. The number of fused-ring (bicyclic) bond motifs is 1. The van der Waals surface area contributed by atoms with Gasteiger partial charge in [-0.3, -0.25) is 19.6 Å². The first-order chi connectivity index (χ1) is 14.9. The quantitative estimate of drug-likeness (QED) is 0.385. The zero-order valence-electron chi connectivity index (χ0n) is 19.4. The molecule has 174 valence electrons. The van der Waals surface area contributed by atoms with Crippen molar-refractivity contribution < 1.29 is 19.2 Å². The second kappa shape index (κ2) is 9.01. The van der Waals surface area contributed by atoms with E-state index in [4.69, 9.17) is 4.74 Å². The van der Waals surface area contributed by atoms with Crippen LogP contribution in [0.2, 0.25) is 0 Å². The maximum Gasteiger partial charge on any atom is 0.341 e. The van der Waals surface area contributed by atoms with Crippen LogP contribution in [0, 0.1) is 35.3 Å². The first-order valence-electron chi connectivity index (χ1n) is 10.7. The number of aryl methyl sites for hydroxylation is 1. The lowest BCUT2D eigenvalue weighted by Crippen LogP contribution is -2.26. The number of hydrogen-bond donors (Lipinski definition) is 1. The summed E-state index contributed by atoms with van der Waals surface area (Å²) in [5.41, 5.74) is 2.03. The molecular weight excluding hydrogens is 432 g/mol. The van der Waals surface area contributed by atoms with E-state index in [1.54, 1.807) is 13.8 Å². The molecule has 10 heteroatoms. The molecule has 1 amide bonds. The summed E-state index contributed by atoms with van der Waals surface area (Å²) in [6.45, 7) is 11.6. The number of carbonyl (C=O) groups is 2. The van der Waals surface area contributed by atoms with Gasteiger partial charge in [-0.05, 0) is 56.9 Å². The Balaban J connectivity index is 1.88. The average Bonchev–Trinajstić information content (AvgIpc) is 3.16. The number of ether oxygens (including phenoxy) is 1. The Morgan fingerprint density at radius 1 is 1.34 bits per heavy atom. The van der Waals surface area contributed by atoms with Gasteiger partial charge in [0.25, 0.3) is 0 Å². The van der Waals surface area contributed by atoms with E-state index < -0.39 is 16.8 Å². The van der Waals surface area contributed by atoms with Crippen LogP contribution in [0.4, 0.5) is 10.7 Å². The number of nitrogens with one attached hydrogen (secondary N) is 1. The van der Waals surface area contributed by atoms with Gasteiger partial charge in [-0.2, -0.15) is 5.10 Å². The van der Waals surface area contributed by atoms with E-state index >= 15 is 0 Å². The van der Waals surface area contributed by atoms with Crippen LogP contribution >= 0.6 is 11.3 Å². The fourth-order valence-electron chi connectivity index (χ4n) is 4.24. The maximum absolute atomic E-state index is 12.8. The number of carbonyl (C=O) groups excluding carboxylic acids is 2. The molecule has 0 fully saturated rings. The fourth-order valence-corrected chi connectivity index (χ4v) is 5.57. The van der Waals surface area contributed by atoms with Crippen molar-refractivity contribution >= 4 is 33.9 Å². The van der Waals surface area contributed by atoms with Crippen molar-refractivity contribution in [2.45, 2.75) is 67.3 Å². The summed E-state index contributed by atoms with van der Waals surface area (Å²) in [5, 5.41) is 18.7. The van der Waals surface area contributed by atoms with Crippen molar-refractivity contribution in [2.24, 2.45) is 11.3 Å². The Morgan fingerprint density at radius 2 is 2.03 bits per heavy atom. The number of hydrogen-bond acceptors (Lipinski definition) is 7. The number of amides is 1. The van der Waals surface area contributed by atoms with Crippen LogP contribution in [0.5, 0.6) is 0 Å². The summed E-state index contributed by atoms with van der Waals surface area (Å²) < 4.78 is 6.59. The number of rotatable bonds is 6. The van der Waals surface area contributed by atoms with E-state index in [0.29, 0.717) is 22.2 Å². The summed E-state index contributed by atoms with van der Waals surface area (Å²) in [6.07, 6.45) is 2.60. The standard InChI is InChI=1S/C22H30N4O5S/c1-7-31-21(28)18-15-9-8-14(22(4,5)6)10-16(15)32-20(18)23-17(27)11-25-13(3)19(26(29)30)12(2)24-25/h14H,7-11H2,1-6H3,(H,23,27)/t14-/m1/s1. The van der Waals surface area contributed by atoms with Crippen LogP contribution < -0.4 is 5.32 Å². The molecule has 2 aromatic rings. The molecule has 0 unspecified atom stereocenters. The third kappa shape index (κ3) is 4.69. The minimum Gasteiger partial charge on any atom is -0.462 e. The number of nitrogens with zero attached hydrogens (tertiary/aromatic N) is 3. The van der Waals surface area contributed by atoms with E-state index in [1.165, 1.54) is 22.9 Å². The molecule has 0 aliphatic heterocycles. The number of nitro groups is 1. The van der Waals surface area contributed by atoms with Gasteiger partial charge in [-0.25, -0.2) is 4.79 Å². The number of esters is 1. The molecule has 0 spiro atoms. The summed E-state index contributed by atoms with van der Waals surface area (Å²) in [5.74, 6) is -0.347. The van der Waals surface area contributed by atoms with Gasteiger partial charge in [-0.15, -0.1) is 11.3 Å². The maximum atomic E-state index is 12.8. The molecule has 0 saturated carbocycles. The van der Waals surface area contributed by atoms with Gasteiger partial charge in [0.05, 0.1) is 17.1 Å².